The summed E-state index contributed by atoms with van der Waals surface area (Å²) in [6, 6.07) is 32.6. The van der Waals surface area contributed by atoms with Crippen LogP contribution < -0.4 is 4.74 Å². The fraction of sp³-hybridized carbons (Fsp3) is 0.146. The van der Waals surface area contributed by atoms with E-state index in [1.54, 1.807) is 6.20 Å². The van der Waals surface area contributed by atoms with Crippen LogP contribution in [0, 0.1) is 12.1 Å². The van der Waals surface area contributed by atoms with E-state index < -0.39 is 0 Å². The number of benzene rings is 4. The van der Waals surface area contributed by atoms with E-state index in [4.69, 9.17) is 9.72 Å². The molecule has 0 unspecified atom stereocenters. The Hall–Kier alpha value is -5.06. The summed E-state index contributed by atoms with van der Waals surface area (Å²) < 4.78 is 10.7. The summed E-state index contributed by atoms with van der Waals surface area (Å²) in [6.07, 6.45) is 9.46. The number of rotatable bonds is 5. The van der Waals surface area contributed by atoms with Crippen LogP contribution in [0.2, 0.25) is 0 Å². The molecule has 0 aliphatic heterocycles. The largest absolute Gasteiger partial charge is 2.00 e. The first-order valence-electron chi connectivity index (χ1n) is 16.1. The molecule has 236 valence electrons. The van der Waals surface area contributed by atoms with Crippen molar-refractivity contribution < 1.29 is 25.8 Å². The van der Waals surface area contributed by atoms with Crippen LogP contribution in [0.4, 0.5) is 0 Å². The van der Waals surface area contributed by atoms with E-state index in [2.05, 4.69) is 103 Å². The van der Waals surface area contributed by atoms with Crippen LogP contribution in [0.3, 0.4) is 0 Å². The molecule has 0 saturated heterocycles. The molecule has 5 aromatic heterocycles. The summed E-state index contributed by atoms with van der Waals surface area (Å²) in [5.74, 6) is 1.94. The molecule has 0 N–H and O–H groups in total. The first kappa shape index (κ1) is 30.3. The van der Waals surface area contributed by atoms with Gasteiger partial charge in [0.05, 0.1) is 22.3 Å². The minimum atomic E-state index is 0. The summed E-state index contributed by atoms with van der Waals surface area (Å²) in [6.45, 7) is 9.10. The van der Waals surface area contributed by atoms with Crippen LogP contribution >= 0.6 is 0 Å². The Balaban J connectivity index is 0.00000336. The molecule has 4 aromatic carbocycles. The van der Waals surface area contributed by atoms with Crippen molar-refractivity contribution in [1.29, 1.82) is 0 Å². The minimum absolute atomic E-state index is 0. The van der Waals surface area contributed by atoms with Crippen molar-refractivity contribution in [2.24, 2.45) is 0 Å². The third-order valence-corrected chi connectivity index (χ3v) is 9.30. The van der Waals surface area contributed by atoms with Crippen LogP contribution in [0.1, 0.15) is 50.7 Å². The number of hydrogen-bond donors (Lipinski definition) is 0. The summed E-state index contributed by atoms with van der Waals surface area (Å²) in [5.41, 5.74) is 9.93. The van der Waals surface area contributed by atoms with Gasteiger partial charge in [0.15, 0.2) is 0 Å². The molecular weight excluding hydrogens is 774 g/mol. The second kappa shape index (κ2) is 11.6. The predicted octanol–water partition coefficient (Wildman–Crippen LogP) is 10.3. The Labute approximate surface area is 292 Å². The van der Waals surface area contributed by atoms with Gasteiger partial charge in [-0.3, -0.25) is 15.0 Å². The van der Waals surface area contributed by atoms with Gasteiger partial charge in [-0.15, -0.1) is 12.1 Å². The Morgan fingerprint density at radius 1 is 0.604 bits per heavy atom. The molecule has 48 heavy (non-hydrogen) atoms. The van der Waals surface area contributed by atoms with Crippen molar-refractivity contribution >= 4 is 54.8 Å². The number of pyridine rings is 3. The van der Waals surface area contributed by atoms with Crippen LogP contribution in [0.15, 0.2) is 104 Å². The smallest absolute Gasteiger partial charge is 0.497 e. The molecule has 0 amide bonds. The summed E-state index contributed by atoms with van der Waals surface area (Å²) in [4.78, 5) is 14.1. The SMILES string of the molecule is CC(C)c1cccc(C(C)C)c1-c1cccc2c1c1ccc(Oc3[c-]c4c(cc3)c3ncccc3n3ccnc43)[c-]c1c1nccn21.[Pt+2]. The summed E-state index contributed by atoms with van der Waals surface area (Å²) >= 11 is 0. The maximum absolute atomic E-state index is 6.48. The quantitative estimate of drug-likeness (QED) is 0.128. The van der Waals surface area contributed by atoms with Crippen molar-refractivity contribution in [2.75, 3.05) is 0 Å². The second-order valence-corrected chi connectivity index (χ2v) is 12.8. The average Bonchev–Trinajstić information content (AvgIpc) is 3.79. The Bertz CT molecular complexity index is 2660. The molecule has 9 rings (SSSR count). The number of aromatic nitrogens is 5. The predicted molar refractivity (Wildman–Crippen MR) is 190 cm³/mol. The van der Waals surface area contributed by atoms with Crippen molar-refractivity contribution in [3.05, 3.63) is 127 Å². The molecule has 0 radical (unpaired) electrons. The van der Waals surface area contributed by atoms with Gasteiger partial charge in [-0.25, -0.2) is 0 Å². The molecule has 5 heterocycles. The molecule has 0 aliphatic carbocycles. The van der Waals surface area contributed by atoms with Crippen molar-refractivity contribution in [3.8, 4) is 22.6 Å². The number of hydrogen-bond acceptors (Lipinski definition) is 4. The molecule has 0 spiro atoms. The van der Waals surface area contributed by atoms with E-state index in [1.807, 2.05) is 53.5 Å². The van der Waals surface area contributed by atoms with Crippen LogP contribution in [-0.4, -0.2) is 23.8 Å². The third-order valence-electron chi connectivity index (χ3n) is 9.30. The maximum atomic E-state index is 6.48. The van der Waals surface area contributed by atoms with Crippen LogP contribution in [0.5, 0.6) is 11.5 Å². The molecular formula is C41H31N5OPt. The van der Waals surface area contributed by atoms with Gasteiger partial charge in [-0.1, -0.05) is 104 Å². The van der Waals surface area contributed by atoms with E-state index in [9.17, 15) is 0 Å². The minimum Gasteiger partial charge on any atom is -0.497 e. The summed E-state index contributed by atoms with van der Waals surface area (Å²) in [5, 5.41) is 5.02. The number of imidazole rings is 2. The average molecular weight is 805 g/mol. The first-order valence-corrected chi connectivity index (χ1v) is 16.1. The molecule has 7 heteroatoms. The monoisotopic (exact) mass is 804 g/mol. The first-order chi connectivity index (χ1) is 23.0. The second-order valence-electron chi connectivity index (χ2n) is 12.8. The molecule has 9 aromatic rings. The Morgan fingerprint density at radius 2 is 1.19 bits per heavy atom. The fourth-order valence-electron chi connectivity index (χ4n) is 7.20. The molecule has 6 nitrogen and oxygen atoms in total. The zero-order chi connectivity index (χ0) is 31.8. The number of fused-ring (bicyclic) bond motifs is 12. The topological polar surface area (TPSA) is 56.7 Å². The van der Waals surface area contributed by atoms with Crippen LogP contribution in [-0.2, 0) is 21.1 Å². The molecule has 0 bridgehead atoms. The van der Waals surface area contributed by atoms with E-state index in [1.165, 1.54) is 27.6 Å². The van der Waals surface area contributed by atoms with E-state index in [0.29, 0.717) is 23.3 Å². The Kier molecular flexibility index (Phi) is 7.30. The van der Waals surface area contributed by atoms with Gasteiger partial charge in [0.2, 0.25) is 0 Å². The van der Waals surface area contributed by atoms with Gasteiger partial charge in [-0.2, -0.15) is 0 Å². The van der Waals surface area contributed by atoms with E-state index in [-0.39, 0.29) is 21.1 Å². The van der Waals surface area contributed by atoms with Gasteiger partial charge in [0, 0.05) is 48.0 Å². The fourth-order valence-corrected chi connectivity index (χ4v) is 7.20. The number of nitrogens with zero attached hydrogens (tertiary/aromatic N) is 5. The zero-order valence-corrected chi connectivity index (χ0v) is 29.2. The van der Waals surface area contributed by atoms with Crippen LogP contribution in [0.25, 0.3) is 65.9 Å². The third kappa shape index (κ3) is 4.54. The van der Waals surface area contributed by atoms with Gasteiger partial charge in [-0.05, 0) is 57.7 Å². The van der Waals surface area contributed by atoms with E-state index >= 15 is 0 Å². The normalized spacial score (nSPS) is 12.0. The molecule has 0 fully saturated rings. The molecule has 0 saturated carbocycles. The maximum Gasteiger partial charge on any atom is 2.00 e. The standard InChI is InChI=1S/C41H31N5O.Pt/c1-24(2)28-8-5-9-29(25(3)4)37(28)32-10-6-11-35-38(32)30-15-13-26(22-33(30)40-43-18-20-45(35)40)47-27-14-16-31-34(23-27)41-44-19-21-46(41)36-12-7-17-42-39(31)36;/h5-21,24-25H,1-4H3;/q-2;+2. The van der Waals surface area contributed by atoms with Gasteiger partial charge in [0.25, 0.3) is 0 Å². The van der Waals surface area contributed by atoms with Gasteiger partial charge < -0.3 is 13.5 Å². The van der Waals surface area contributed by atoms with Gasteiger partial charge in [0.1, 0.15) is 0 Å². The van der Waals surface area contributed by atoms with Crippen molar-refractivity contribution in [3.63, 3.8) is 0 Å². The molecule has 0 aliphatic rings. The van der Waals surface area contributed by atoms with Crippen molar-refractivity contribution in [1.82, 2.24) is 23.8 Å². The number of ether oxygens (including phenoxy) is 1. The van der Waals surface area contributed by atoms with Gasteiger partial charge >= 0.3 is 21.1 Å². The molecule has 0 atom stereocenters. The zero-order valence-electron chi connectivity index (χ0n) is 26.9. The Morgan fingerprint density at radius 3 is 1.85 bits per heavy atom. The van der Waals surface area contributed by atoms with Crippen molar-refractivity contribution in [2.45, 2.75) is 39.5 Å². The summed E-state index contributed by atoms with van der Waals surface area (Å²) in [7, 11) is 0. The van der Waals surface area contributed by atoms with E-state index in [0.717, 1.165) is 49.4 Å².